The highest BCUT2D eigenvalue weighted by Gasteiger charge is 2.17. The molecule has 0 spiro atoms. The molecule has 1 aromatic carbocycles. The number of pyridine rings is 1. The van der Waals surface area contributed by atoms with Crippen LogP contribution in [0.15, 0.2) is 42.6 Å². The highest BCUT2D eigenvalue weighted by atomic mass is 35.5. The number of rotatable bonds is 2. The fourth-order valence-corrected chi connectivity index (χ4v) is 1.84. The molecule has 1 heterocycles. The standard InChI is InChI=1S/C16H17ClN2O/c1-16(2,3)14-10-11(8-9-18-14)15(20)19-13-6-4-12(17)5-7-13/h4-10H,1-3H3,(H,19,20). The number of carbonyl (C=O) groups is 1. The van der Waals surface area contributed by atoms with Crippen LogP contribution in [0.3, 0.4) is 0 Å². The van der Waals surface area contributed by atoms with E-state index in [0.29, 0.717) is 16.3 Å². The summed E-state index contributed by atoms with van der Waals surface area (Å²) >= 11 is 5.82. The summed E-state index contributed by atoms with van der Waals surface area (Å²) in [5, 5.41) is 3.48. The summed E-state index contributed by atoms with van der Waals surface area (Å²) in [4.78, 5) is 16.5. The molecule has 1 aromatic heterocycles. The van der Waals surface area contributed by atoms with E-state index in [9.17, 15) is 4.79 Å². The third-order valence-corrected chi connectivity index (χ3v) is 3.14. The summed E-state index contributed by atoms with van der Waals surface area (Å²) in [5.41, 5.74) is 2.12. The van der Waals surface area contributed by atoms with Gasteiger partial charge in [-0.3, -0.25) is 9.78 Å². The number of hydrogen-bond donors (Lipinski definition) is 1. The van der Waals surface area contributed by atoms with Crippen molar-refractivity contribution < 1.29 is 4.79 Å². The SMILES string of the molecule is CC(C)(C)c1cc(C(=O)Nc2ccc(Cl)cc2)ccn1. The van der Waals surface area contributed by atoms with E-state index in [0.717, 1.165) is 5.69 Å². The number of carbonyl (C=O) groups excluding carboxylic acids is 1. The smallest absolute Gasteiger partial charge is 0.255 e. The molecular weight excluding hydrogens is 272 g/mol. The lowest BCUT2D eigenvalue weighted by molar-refractivity contribution is 0.102. The zero-order chi connectivity index (χ0) is 14.8. The maximum atomic E-state index is 12.2. The molecule has 0 atom stereocenters. The van der Waals surface area contributed by atoms with Gasteiger partial charge in [0.25, 0.3) is 5.91 Å². The average Bonchev–Trinajstić information content (AvgIpc) is 2.40. The summed E-state index contributed by atoms with van der Waals surface area (Å²) in [6.07, 6.45) is 1.66. The van der Waals surface area contributed by atoms with Gasteiger partial charge in [-0.25, -0.2) is 0 Å². The van der Waals surface area contributed by atoms with Gasteiger partial charge < -0.3 is 5.32 Å². The summed E-state index contributed by atoms with van der Waals surface area (Å²) < 4.78 is 0. The van der Waals surface area contributed by atoms with Crippen molar-refractivity contribution in [2.75, 3.05) is 5.32 Å². The van der Waals surface area contributed by atoms with Gasteiger partial charge in [0.05, 0.1) is 0 Å². The van der Waals surface area contributed by atoms with Crippen LogP contribution < -0.4 is 5.32 Å². The summed E-state index contributed by atoms with van der Waals surface area (Å²) in [6.45, 7) is 6.20. The molecule has 0 saturated carbocycles. The Morgan fingerprint density at radius 1 is 1.15 bits per heavy atom. The Kier molecular flexibility index (Phi) is 4.09. The van der Waals surface area contributed by atoms with Gasteiger partial charge in [0.2, 0.25) is 0 Å². The molecule has 0 aliphatic carbocycles. The van der Waals surface area contributed by atoms with E-state index in [1.54, 1.807) is 36.5 Å². The number of nitrogens with zero attached hydrogens (tertiary/aromatic N) is 1. The Morgan fingerprint density at radius 2 is 1.80 bits per heavy atom. The first kappa shape index (κ1) is 14.5. The van der Waals surface area contributed by atoms with E-state index in [4.69, 9.17) is 11.6 Å². The fraction of sp³-hybridized carbons (Fsp3) is 0.250. The van der Waals surface area contributed by atoms with Crippen molar-refractivity contribution in [2.45, 2.75) is 26.2 Å². The monoisotopic (exact) mass is 288 g/mol. The van der Waals surface area contributed by atoms with Gasteiger partial charge >= 0.3 is 0 Å². The normalized spacial score (nSPS) is 11.2. The van der Waals surface area contributed by atoms with Gasteiger partial charge in [0.15, 0.2) is 0 Å². The number of aromatic nitrogens is 1. The van der Waals surface area contributed by atoms with Crippen LogP contribution in [-0.4, -0.2) is 10.9 Å². The highest BCUT2D eigenvalue weighted by molar-refractivity contribution is 6.30. The van der Waals surface area contributed by atoms with E-state index in [-0.39, 0.29) is 11.3 Å². The molecule has 104 valence electrons. The Balaban J connectivity index is 2.19. The van der Waals surface area contributed by atoms with E-state index < -0.39 is 0 Å². The number of hydrogen-bond acceptors (Lipinski definition) is 2. The highest BCUT2D eigenvalue weighted by Crippen LogP contribution is 2.21. The van der Waals surface area contributed by atoms with Crippen molar-refractivity contribution in [3.63, 3.8) is 0 Å². The molecule has 1 amide bonds. The molecule has 0 unspecified atom stereocenters. The number of nitrogens with one attached hydrogen (secondary N) is 1. The van der Waals surface area contributed by atoms with Gasteiger partial charge in [-0.2, -0.15) is 0 Å². The largest absolute Gasteiger partial charge is 0.322 e. The first-order valence-corrected chi connectivity index (χ1v) is 6.77. The van der Waals surface area contributed by atoms with Crippen molar-refractivity contribution in [1.29, 1.82) is 0 Å². The second-order valence-corrected chi connectivity index (χ2v) is 6.08. The molecule has 1 N–H and O–H groups in total. The lowest BCUT2D eigenvalue weighted by Crippen LogP contribution is -2.17. The predicted octanol–water partition coefficient (Wildman–Crippen LogP) is 4.28. The Morgan fingerprint density at radius 3 is 2.40 bits per heavy atom. The fourth-order valence-electron chi connectivity index (χ4n) is 1.72. The van der Waals surface area contributed by atoms with Crippen LogP contribution in [0.1, 0.15) is 36.8 Å². The van der Waals surface area contributed by atoms with Crippen LogP contribution in [0.5, 0.6) is 0 Å². The van der Waals surface area contributed by atoms with Crippen molar-refractivity contribution in [1.82, 2.24) is 4.98 Å². The number of anilines is 1. The summed E-state index contributed by atoms with van der Waals surface area (Å²) in [7, 11) is 0. The van der Waals surface area contributed by atoms with Crippen LogP contribution in [0.4, 0.5) is 5.69 Å². The molecule has 4 heteroatoms. The molecule has 2 aromatic rings. The third kappa shape index (κ3) is 3.58. The minimum atomic E-state index is -0.153. The van der Waals surface area contributed by atoms with E-state index in [2.05, 4.69) is 31.1 Å². The van der Waals surface area contributed by atoms with Gasteiger partial charge in [-0.05, 0) is 36.4 Å². The maximum Gasteiger partial charge on any atom is 0.255 e. The Hall–Kier alpha value is -1.87. The maximum absolute atomic E-state index is 12.2. The summed E-state index contributed by atoms with van der Waals surface area (Å²) in [5.74, 6) is -0.153. The van der Waals surface area contributed by atoms with Crippen molar-refractivity contribution in [3.05, 3.63) is 58.9 Å². The van der Waals surface area contributed by atoms with Crippen LogP contribution in [0.25, 0.3) is 0 Å². The predicted molar refractivity (Wildman–Crippen MR) is 82.3 cm³/mol. The molecule has 0 saturated heterocycles. The molecule has 0 bridgehead atoms. The molecule has 2 rings (SSSR count). The molecule has 3 nitrogen and oxygen atoms in total. The van der Waals surface area contributed by atoms with Gasteiger partial charge in [-0.15, -0.1) is 0 Å². The van der Waals surface area contributed by atoms with Gasteiger partial charge in [0.1, 0.15) is 0 Å². The minimum Gasteiger partial charge on any atom is -0.322 e. The van der Waals surface area contributed by atoms with Crippen LogP contribution >= 0.6 is 11.6 Å². The lowest BCUT2D eigenvalue weighted by atomic mass is 9.91. The average molecular weight is 289 g/mol. The topological polar surface area (TPSA) is 42.0 Å². The van der Waals surface area contributed by atoms with Gasteiger partial charge in [-0.1, -0.05) is 32.4 Å². The van der Waals surface area contributed by atoms with E-state index in [1.165, 1.54) is 0 Å². The van der Waals surface area contributed by atoms with E-state index >= 15 is 0 Å². The molecule has 0 radical (unpaired) electrons. The van der Waals surface area contributed by atoms with Crippen LogP contribution in [0.2, 0.25) is 5.02 Å². The second-order valence-electron chi connectivity index (χ2n) is 5.64. The second kappa shape index (κ2) is 5.63. The third-order valence-electron chi connectivity index (χ3n) is 2.89. The van der Waals surface area contributed by atoms with Crippen molar-refractivity contribution >= 4 is 23.2 Å². The number of benzene rings is 1. The van der Waals surface area contributed by atoms with E-state index in [1.807, 2.05) is 6.07 Å². The van der Waals surface area contributed by atoms with Crippen molar-refractivity contribution in [2.24, 2.45) is 0 Å². The molecule has 0 aliphatic rings. The van der Waals surface area contributed by atoms with Crippen molar-refractivity contribution in [3.8, 4) is 0 Å². The molecule has 0 fully saturated rings. The molecule has 20 heavy (non-hydrogen) atoms. The van der Waals surface area contributed by atoms with Crippen LogP contribution in [-0.2, 0) is 5.41 Å². The van der Waals surface area contributed by atoms with Crippen LogP contribution in [0, 0.1) is 0 Å². The molecule has 0 aliphatic heterocycles. The number of amides is 1. The van der Waals surface area contributed by atoms with Gasteiger partial charge in [0, 0.05) is 33.6 Å². The zero-order valence-corrected chi connectivity index (χ0v) is 12.5. The summed E-state index contributed by atoms with van der Waals surface area (Å²) in [6, 6.07) is 10.6. The number of halogens is 1. The quantitative estimate of drug-likeness (QED) is 0.896. The zero-order valence-electron chi connectivity index (χ0n) is 11.8. The Bertz CT molecular complexity index is 615. The Labute approximate surface area is 124 Å². The lowest BCUT2D eigenvalue weighted by Gasteiger charge is -2.18. The first-order valence-electron chi connectivity index (χ1n) is 6.40. The minimum absolute atomic E-state index is 0.0867. The first-order chi connectivity index (χ1) is 9.36. The molecular formula is C16H17ClN2O.